The summed E-state index contributed by atoms with van der Waals surface area (Å²) in [5, 5.41) is 10.6. The maximum atomic E-state index is 13.1. The van der Waals surface area contributed by atoms with E-state index in [-0.39, 0.29) is 25.7 Å². The Morgan fingerprint density at radius 2 is 0.480 bits per heavy atom. The Bertz CT molecular complexity index is 1960. The predicted octanol–water partition coefficient (Wildman–Crippen LogP) is 24.0. The summed E-state index contributed by atoms with van der Waals surface area (Å²) >= 11 is 0. The maximum absolute atomic E-state index is 13.1. The van der Waals surface area contributed by atoms with Crippen molar-refractivity contribution in [2.75, 3.05) is 39.6 Å². The molecule has 0 heterocycles. The van der Waals surface area contributed by atoms with Gasteiger partial charge in [-0.15, -0.1) is 0 Å². The highest BCUT2D eigenvalue weighted by Crippen LogP contribution is 2.45. The molecule has 0 fully saturated rings. The van der Waals surface area contributed by atoms with Crippen LogP contribution in [-0.2, 0) is 65.4 Å². The largest absolute Gasteiger partial charge is 0.472 e. The molecule has 0 aliphatic heterocycles. The van der Waals surface area contributed by atoms with Crippen molar-refractivity contribution >= 4 is 39.5 Å². The summed E-state index contributed by atoms with van der Waals surface area (Å²) in [5.74, 6) is 0.996. The first-order valence-corrected chi connectivity index (χ1v) is 44.7. The van der Waals surface area contributed by atoms with Crippen molar-refractivity contribution in [3.8, 4) is 0 Å². The van der Waals surface area contributed by atoms with Crippen molar-refractivity contribution in [3.63, 3.8) is 0 Å². The van der Waals surface area contributed by atoms with Gasteiger partial charge in [-0.05, 0) is 49.4 Å². The minimum atomic E-state index is -4.96. The van der Waals surface area contributed by atoms with E-state index in [4.69, 9.17) is 37.0 Å². The van der Waals surface area contributed by atoms with Gasteiger partial charge in [-0.1, -0.05) is 364 Å². The summed E-state index contributed by atoms with van der Waals surface area (Å²) in [7, 11) is -9.92. The number of aliphatic hydroxyl groups is 1. The molecule has 0 bridgehead atoms. The lowest BCUT2D eigenvalue weighted by Crippen LogP contribution is -2.30. The Kier molecular flexibility index (Phi) is 68.7. The van der Waals surface area contributed by atoms with Crippen LogP contribution in [0.2, 0.25) is 0 Å². The fourth-order valence-electron chi connectivity index (χ4n) is 12.4. The Labute approximate surface area is 613 Å². The van der Waals surface area contributed by atoms with E-state index in [2.05, 4.69) is 55.4 Å². The number of hydrogen-bond donors (Lipinski definition) is 3. The van der Waals surface area contributed by atoms with Gasteiger partial charge >= 0.3 is 39.5 Å². The Hall–Kier alpha value is -1.94. The van der Waals surface area contributed by atoms with Crippen molar-refractivity contribution in [1.82, 2.24) is 0 Å². The van der Waals surface area contributed by atoms with Gasteiger partial charge in [0.1, 0.15) is 19.3 Å². The fraction of sp³-hybridized carbons (Fsp3) is 0.951. The van der Waals surface area contributed by atoms with E-state index in [9.17, 15) is 43.2 Å². The van der Waals surface area contributed by atoms with Crippen LogP contribution in [0.4, 0.5) is 0 Å². The van der Waals surface area contributed by atoms with E-state index >= 15 is 0 Å². The molecule has 17 nitrogen and oxygen atoms in total. The average molecular weight is 1470 g/mol. The fourth-order valence-corrected chi connectivity index (χ4v) is 14.0. The van der Waals surface area contributed by atoms with E-state index in [1.165, 1.54) is 212 Å². The van der Waals surface area contributed by atoms with Crippen molar-refractivity contribution in [1.29, 1.82) is 0 Å². The van der Waals surface area contributed by atoms with Gasteiger partial charge < -0.3 is 33.8 Å². The van der Waals surface area contributed by atoms with Gasteiger partial charge in [-0.2, -0.15) is 0 Å². The molecule has 100 heavy (non-hydrogen) atoms. The highest BCUT2D eigenvalue weighted by Gasteiger charge is 2.30. The number of aliphatic hydroxyl groups excluding tert-OH is 1. The lowest BCUT2D eigenvalue weighted by molar-refractivity contribution is -0.161. The number of ether oxygens (including phenoxy) is 4. The molecule has 594 valence electrons. The van der Waals surface area contributed by atoms with Crippen LogP contribution in [0.3, 0.4) is 0 Å². The smallest absolute Gasteiger partial charge is 0.462 e. The molecule has 0 aliphatic rings. The van der Waals surface area contributed by atoms with E-state index in [1.54, 1.807) is 0 Å². The minimum absolute atomic E-state index is 0.106. The molecule has 19 heteroatoms. The lowest BCUT2D eigenvalue weighted by Gasteiger charge is -2.21. The van der Waals surface area contributed by atoms with Crippen LogP contribution < -0.4 is 0 Å². The van der Waals surface area contributed by atoms with E-state index in [0.717, 1.165) is 114 Å². The molecule has 0 spiro atoms. The molecular formula is C81H158O17P2. The molecule has 0 aliphatic carbocycles. The number of phosphoric ester groups is 2. The second-order valence-electron chi connectivity index (χ2n) is 30.8. The van der Waals surface area contributed by atoms with Gasteiger partial charge in [-0.3, -0.25) is 37.3 Å². The summed E-state index contributed by atoms with van der Waals surface area (Å²) in [6.45, 7) is 14.3. The molecule has 3 N–H and O–H groups in total. The highest BCUT2D eigenvalue weighted by atomic mass is 31.2. The van der Waals surface area contributed by atoms with E-state index in [1.807, 2.05) is 0 Å². The van der Waals surface area contributed by atoms with Crippen LogP contribution in [0.5, 0.6) is 0 Å². The zero-order valence-electron chi connectivity index (χ0n) is 65.8. The Balaban J connectivity index is 5.23. The summed E-state index contributed by atoms with van der Waals surface area (Å²) in [4.78, 5) is 73.0. The predicted molar refractivity (Wildman–Crippen MR) is 409 cm³/mol. The summed E-state index contributed by atoms with van der Waals surface area (Å²) in [6.07, 6.45) is 56.9. The van der Waals surface area contributed by atoms with Crippen molar-refractivity contribution in [3.05, 3.63) is 0 Å². The molecule has 0 radical (unpaired) electrons. The zero-order chi connectivity index (χ0) is 73.8. The van der Waals surface area contributed by atoms with E-state index < -0.39 is 97.5 Å². The number of rotatable bonds is 78. The van der Waals surface area contributed by atoms with Crippen LogP contribution in [-0.4, -0.2) is 96.7 Å². The van der Waals surface area contributed by atoms with Crippen LogP contribution >= 0.6 is 15.6 Å². The second-order valence-corrected chi connectivity index (χ2v) is 33.7. The number of hydrogen-bond acceptors (Lipinski definition) is 15. The van der Waals surface area contributed by atoms with Gasteiger partial charge in [-0.25, -0.2) is 9.13 Å². The third-order valence-corrected chi connectivity index (χ3v) is 21.1. The molecule has 0 aromatic carbocycles. The molecule has 3 unspecified atom stereocenters. The minimum Gasteiger partial charge on any atom is -0.462 e. The van der Waals surface area contributed by atoms with Crippen LogP contribution in [0.1, 0.15) is 415 Å². The normalized spacial score (nSPS) is 14.3. The van der Waals surface area contributed by atoms with Crippen molar-refractivity contribution < 1.29 is 80.2 Å². The van der Waals surface area contributed by atoms with Gasteiger partial charge in [0.15, 0.2) is 12.2 Å². The number of esters is 4. The second kappa shape index (κ2) is 70.1. The zero-order valence-corrected chi connectivity index (χ0v) is 67.6. The highest BCUT2D eigenvalue weighted by molar-refractivity contribution is 7.47. The molecule has 0 aromatic rings. The molecule has 0 amide bonds. The third kappa shape index (κ3) is 73.0. The first kappa shape index (κ1) is 98.1. The van der Waals surface area contributed by atoms with Gasteiger partial charge in [0, 0.05) is 25.7 Å². The molecule has 0 rings (SSSR count). The third-order valence-electron chi connectivity index (χ3n) is 19.2. The van der Waals surface area contributed by atoms with Gasteiger partial charge in [0.25, 0.3) is 0 Å². The topological polar surface area (TPSA) is 237 Å². The summed E-state index contributed by atoms with van der Waals surface area (Å²) < 4.78 is 68.7. The quantitative estimate of drug-likeness (QED) is 0.0222. The van der Waals surface area contributed by atoms with Crippen LogP contribution in [0, 0.1) is 23.7 Å². The Morgan fingerprint density at radius 1 is 0.280 bits per heavy atom. The number of carbonyl (C=O) groups excluding carboxylic acids is 4. The maximum Gasteiger partial charge on any atom is 0.472 e. The summed E-state index contributed by atoms with van der Waals surface area (Å²) in [5.41, 5.74) is 0. The first-order chi connectivity index (χ1) is 48.1. The van der Waals surface area contributed by atoms with Gasteiger partial charge in [0.05, 0.1) is 26.4 Å². The monoisotopic (exact) mass is 1470 g/mol. The SMILES string of the molecule is CCC(C)CCCCCCCCCCCCCCCCC(=O)OC[C@H](COP(=O)(O)OC[C@@H](O)COP(=O)(O)OC[C@@H](COC(=O)CCCCCCCCC(C)C)OC(=O)CCCCCCCCCCCCCCCCC(C)C)OC(=O)CCCCCCCCCCCCCCCC(C)C. The number of carbonyl (C=O) groups is 4. The molecule has 0 saturated carbocycles. The van der Waals surface area contributed by atoms with Gasteiger partial charge in [0.2, 0.25) is 0 Å². The number of phosphoric acid groups is 2. The van der Waals surface area contributed by atoms with Crippen molar-refractivity contribution in [2.24, 2.45) is 23.7 Å². The molecular weight excluding hydrogens is 1310 g/mol. The van der Waals surface area contributed by atoms with Crippen molar-refractivity contribution in [2.45, 2.75) is 433 Å². The molecule has 0 aromatic heterocycles. The molecule has 6 atom stereocenters. The summed E-state index contributed by atoms with van der Waals surface area (Å²) in [6, 6.07) is 0. The molecule has 0 saturated heterocycles. The number of unbranched alkanes of at least 4 members (excludes halogenated alkanes) is 43. The standard InChI is InChI=1S/C81H158O17P2/c1-9-74(8)60-52-44-35-29-23-17-11-13-18-24-30-36-45-53-61-78(83)91-67-76(97-80(85)64-56-48-38-32-26-20-14-16-22-28-34-42-50-58-72(4)5)69-95-99(87,88)93-65-75(82)66-94-100(89,90)96-70-77(68-92-79(84)62-54-46-40-39-43-51-59-73(6)7)98-81(86)63-55-47-37-31-25-19-12-10-15-21-27-33-41-49-57-71(2)3/h71-77,82H,9-70H2,1-8H3,(H,87,88)(H,89,90)/t74?,75-,76-,77-/m1/s1. The van der Waals surface area contributed by atoms with E-state index in [0.29, 0.717) is 31.6 Å². The first-order valence-electron chi connectivity index (χ1n) is 41.7. The average Bonchev–Trinajstić information content (AvgIpc) is 0.953. The van der Waals surface area contributed by atoms with Crippen LogP contribution in [0.25, 0.3) is 0 Å². The van der Waals surface area contributed by atoms with Crippen LogP contribution in [0.15, 0.2) is 0 Å². The Morgan fingerprint density at radius 3 is 0.710 bits per heavy atom. The lowest BCUT2D eigenvalue weighted by atomic mass is 9.99.